The van der Waals surface area contributed by atoms with Crippen molar-refractivity contribution in [1.82, 2.24) is 14.8 Å². The number of amides is 1. The number of thioether (sulfide) groups is 1. The summed E-state index contributed by atoms with van der Waals surface area (Å²) in [6.07, 6.45) is 0. The number of benzene rings is 2. The number of nitrogens with one attached hydrogen (secondary N) is 1. The first kappa shape index (κ1) is 20.7. The van der Waals surface area contributed by atoms with Crippen molar-refractivity contribution in [3.05, 3.63) is 76.1 Å². The monoisotopic (exact) mass is 454 g/mol. The number of aryl methyl sites for hydroxylation is 1. The Kier molecular flexibility index (Phi) is 6.22. The van der Waals surface area contributed by atoms with Crippen LogP contribution in [-0.4, -0.2) is 26.4 Å². The molecular formula is C22H19ClN4OS2. The molecule has 4 aromatic rings. The van der Waals surface area contributed by atoms with Crippen LogP contribution in [0.25, 0.3) is 16.4 Å². The van der Waals surface area contributed by atoms with Gasteiger partial charge in [-0.2, -0.15) is 0 Å². The third-order valence-electron chi connectivity index (χ3n) is 4.54. The van der Waals surface area contributed by atoms with Crippen molar-refractivity contribution in [3.8, 4) is 16.4 Å². The van der Waals surface area contributed by atoms with Crippen LogP contribution in [-0.2, 0) is 4.79 Å². The summed E-state index contributed by atoms with van der Waals surface area (Å²) < 4.78 is 1.99. The van der Waals surface area contributed by atoms with Crippen LogP contribution in [0.4, 0.5) is 5.69 Å². The van der Waals surface area contributed by atoms with Crippen molar-refractivity contribution in [2.45, 2.75) is 19.0 Å². The highest BCUT2D eigenvalue weighted by atomic mass is 35.5. The Morgan fingerprint density at radius 3 is 2.63 bits per heavy atom. The summed E-state index contributed by atoms with van der Waals surface area (Å²) >= 11 is 9.10. The predicted octanol–water partition coefficient (Wildman–Crippen LogP) is 6.00. The van der Waals surface area contributed by atoms with E-state index < -0.39 is 0 Å². The molecule has 1 amide bonds. The SMILES string of the molecule is Cc1ccc(-n2c(SCC(=O)Nc3cccc(Cl)c3C)nnc2-c2cccs2)cc1. The number of hydrogen-bond acceptors (Lipinski definition) is 5. The largest absolute Gasteiger partial charge is 0.325 e. The Morgan fingerprint density at radius 1 is 1.10 bits per heavy atom. The standard InChI is InChI=1S/C22H19ClN4OS2/c1-14-8-10-16(11-9-14)27-21(19-7-4-12-29-19)25-26-22(27)30-13-20(28)24-18-6-3-5-17(23)15(18)2/h3-12H,13H2,1-2H3,(H,24,28). The van der Waals surface area contributed by atoms with Gasteiger partial charge >= 0.3 is 0 Å². The molecule has 5 nitrogen and oxygen atoms in total. The van der Waals surface area contributed by atoms with Gasteiger partial charge in [0.25, 0.3) is 0 Å². The van der Waals surface area contributed by atoms with E-state index in [9.17, 15) is 4.79 Å². The van der Waals surface area contributed by atoms with Crippen LogP contribution < -0.4 is 5.32 Å². The van der Waals surface area contributed by atoms with E-state index in [1.54, 1.807) is 17.4 Å². The van der Waals surface area contributed by atoms with E-state index in [1.165, 1.54) is 17.3 Å². The van der Waals surface area contributed by atoms with Crippen LogP contribution in [0.15, 0.2) is 65.1 Å². The van der Waals surface area contributed by atoms with Gasteiger partial charge in [-0.25, -0.2) is 0 Å². The minimum absolute atomic E-state index is 0.124. The second-order valence-corrected chi connectivity index (χ2v) is 9.00. The molecule has 0 atom stereocenters. The van der Waals surface area contributed by atoms with E-state index in [1.807, 2.05) is 60.2 Å². The van der Waals surface area contributed by atoms with Gasteiger partial charge in [0.15, 0.2) is 11.0 Å². The first-order valence-corrected chi connectivity index (χ1v) is 11.5. The van der Waals surface area contributed by atoms with E-state index >= 15 is 0 Å². The van der Waals surface area contributed by atoms with Gasteiger partial charge in [0.2, 0.25) is 5.91 Å². The van der Waals surface area contributed by atoms with Crippen molar-refractivity contribution < 1.29 is 4.79 Å². The minimum Gasteiger partial charge on any atom is -0.325 e. The van der Waals surface area contributed by atoms with E-state index in [-0.39, 0.29) is 11.7 Å². The quantitative estimate of drug-likeness (QED) is 0.363. The molecule has 2 heterocycles. The Bertz CT molecular complexity index is 1170. The van der Waals surface area contributed by atoms with Crippen LogP contribution >= 0.6 is 34.7 Å². The number of halogens is 1. The van der Waals surface area contributed by atoms with Crippen LogP contribution in [0.2, 0.25) is 5.02 Å². The molecule has 152 valence electrons. The fraction of sp³-hybridized carbons (Fsp3) is 0.136. The number of thiophene rings is 1. The number of hydrogen-bond donors (Lipinski definition) is 1. The summed E-state index contributed by atoms with van der Waals surface area (Å²) in [4.78, 5) is 13.6. The maximum atomic E-state index is 12.5. The predicted molar refractivity (Wildman–Crippen MR) is 125 cm³/mol. The second-order valence-electron chi connectivity index (χ2n) is 6.70. The second kappa shape index (κ2) is 9.04. The lowest BCUT2D eigenvalue weighted by molar-refractivity contribution is -0.113. The lowest BCUT2D eigenvalue weighted by Crippen LogP contribution is -2.15. The molecule has 0 spiro atoms. The van der Waals surface area contributed by atoms with Crippen LogP contribution in [0.1, 0.15) is 11.1 Å². The molecule has 0 saturated carbocycles. The van der Waals surface area contributed by atoms with Crippen molar-refractivity contribution in [2.75, 3.05) is 11.1 Å². The zero-order valence-electron chi connectivity index (χ0n) is 16.4. The van der Waals surface area contributed by atoms with Gasteiger partial charge in [-0.15, -0.1) is 21.5 Å². The van der Waals surface area contributed by atoms with Crippen molar-refractivity contribution >= 4 is 46.3 Å². The molecule has 30 heavy (non-hydrogen) atoms. The summed E-state index contributed by atoms with van der Waals surface area (Å²) in [6, 6.07) is 17.6. The van der Waals surface area contributed by atoms with Gasteiger partial charge < -0.3 is 5.32 Å². The molecule has 4 rings (SSSR count). The number of carbonyl (C=O) groups is 1. The average molecular weight is 455 g/mol. The smallest absolute Gasteiger partial charge is 0.234 e. The zero-order chi connectivity index (χ0) is 21.1. The van der Waals surface area contributed by atoms with E-state index in [0.29, 0.717) is 15.9 Å². The molecule has 0 aliphatic carbocycles. The van der Waals surface area contributed by atoms with Crippen molar-refractivity contribution in [1.29, 1.82) is 0 Å². The van der Waals surface area contributed by atoms with Gasteiger partial charge in [0.1, 0.15) is 0 Å². The van der Waals surface area contributed by atoms with Crippen LogP contribution in [0, 0.1) is 13.8 Å². The van der Waals surface area contributed by atoms with Gasteiger partial charge in [0.05, 0.1) is 10.6 Å². The summed E-state index contributed by atoms with van der Waals surface area (Å²) in [5.41, 5.74) is 3.70. The zero-order valence-corrected chi connectivity index (χ0v) is 18.8. The molecule has 0 saturated heterocycles. The molecule has 8 heteroatoms. The minimum atomic E-state index is -0.124. The Labute approximate surface area is 188 Å². The third-order valence-corrected chi connectivity index (χ3v) is 6.75. The van der Waals surface area contributed by atoms with Gasteiger partial charge in [0, 0.05) is 16.4 Å². The Hall–Kier alpha value is -2.61. The van der Waals surface area contributed by atoms with Crippen molar-refractivity contribution in [2.24, 2.45) is 0 Å². The maximum absolute atomic E-state index is 12.5. The highest BCUT2D eigenvalue weighted by Gasteiger charge is 2.18. The fourth-order valence-electron chi connectivity index (χ4n) is 2.91. The number of anilines is 1. The molecule has 0 aliphatic heterocycles. The summed E-state index contributed by atoms with van der Waals surface area (Å²) in [7, 11) is 0. The number of aromatic nitrogens is 3. The molecular weight excluding hydrogens is 436 g/mol. The molecule has 0 fully saturated rings. The Morgan fingerprint density at radius 2 is 1.90 bits per heavy atom. The van der Waals surface area contributed by atoms with Gasteiger partial charge in [-0.05, 0) is 55.1 Å². The first-order valence-electron chi connectivity index (χ1n) is 9.27. The average Bonchev–Trinajstić information content (AvgIpc) is 3.40. The number of nitrogens with zero attached hydrogens (tertiary/aromatic N) is 3. The lowest BCUT2D eigenvalue weighted by atomic mass is 10.2. The first-order chi connectivity index (χ1) is 14.5. The van der Waals surface area contributed by atoms with E-state index in [0.717, 1.165) is 22.0 Å². The van der Waals surface area contributed by atoms with Crippen LogP contribution in [0.3, 0.4) is 0 Å². The third kappa shape index (κ3) is 4.43. The number of carbonyl (C=O) groups excluding carboxylic acids is 1. The highest BCUT2D eigenvalue weighted by Crippen LogP contribution is 2.31. The summed E-state index contributed by atoms with van der Waals surface area (Å²) in [5.74, 6) is 0.851. The number of rotatable bonds is 6. The molecule has 0 radical (unpaired) electrons. The van der Waals surface area contributed by atoms with Crippen molar-refractivity contribution in [3.63, 3.8) is 0 Å². The molecule has 2 aromatic carbocycles. The fourth-order valence-corrected chi connectivity index (χ4v) is 4.54. The lowest BCUT2D eigenvalue weighted by Gasteiger charge is -2.11. The van der Waals surface area contributed by atoms with Gasteiger partial charge in [-0.3, -0.25) is 9.36 Å². The molecule has 1 N–H and O–H groups in total. The summed E-state index contributed by atoms with van der Waals surface area (Å²) in [5, 5.41) is 15.0. The highest BCUT2D eigenvalue weighted by molar-refractivity contribution is 7.99. The van der Waals surface area contributed by atoms with Gasteiger partial charge in [-0.1, -0.05) is 53.2 Å². The van der Waals surface area contributed by atoms with E-state index in [4.69, 9.17) is 11.6 Å². The van der Waals surface area contributed by atoms with Crippen LogP contribution in [0.5, 0.6) is 0 Å². The molecule has 0 bridgehead atoms. The molecule has 0 aliphatic rings. The summed E-state index contributed by atoms with van der Waals surface area (Å²) in [6.45, 7) is 3.93. The Balaban J connectivity index is 1.57. The normalized spacial score (nSPS) is 10.9. The molecule has 0 unspecified atom stereocenters. The molecule has 2 aromatic heterocycles. The maximum Gasteiger partial charge on any atom is 0.234 e. The topological polar surface area (TPSA) is 59.8 Å². The van der Waals surface area contributed by atoms with E-state index in [2.05, 4.69) is 27.6 Å².